The molecule has 0 saturated heterocycles. The molecule has 0 saturated carbocycles. The van der Waals surface area contributed by atoms with Crippen LogP contribution in [0.3, 0.4) is 0 Å². The van der Waals surface area contributed by atoms with Gasteiger partial charge in [-0.25, -0.2) is 4.68 Å². The van der Waals surface area contributed by atoms with Gasteiger partial charge in [0.1, 0.15) is 0 Å². The van der Waals surface area contributed by atoms with Crippen LogP contribution in [0.5, 0.6) is 0 Å². The number of hydrogen-bond donors (Lipinski definition) is 1. The van der Waals surface area contributed by atoms with Crippen LogP contribution < -0.4 is 5.56 Å². The zero-order chi connectivity index (χ0) is 18.1. The first-order chi connectivity index (χ1) is 12.7. The molecule has 0 fully saturated rings. The van der Waals surface area contributed by atoms with Gasteiger partial charge in [0.25, 0.3) is 5.56 Å². The Bertz CT molecular complexity index is 1080. The fourth-order valence-electron chi connectivity index (χ4n) is 2.58. The first-order valence-corrected chi connectivity index (χ1v) is 8.63. The van der Waals surface area contributed by atoms with Crippen molar-refractivity contribution < 1.29 is 0 Å². The molecule has 0 bridgehead atoms. The quantitative estimate of drug-likeness (QED) is 0.496. The normalized spacial score (nSPS) is 11.2. The van der Waals surface area contributed by atoms with Gasteiger partial charge < -0.3 is 0 Å². The van der Waals surface area contributed by atoms with E-state index >= 15 is 0 Å². The molecule has 3 heterocycles. The minimum absolute atomic E-state index is 0.204. The molecule has 4 rings (SSSR count). The Morgan fingerprint density at radius 3 is 2.73 bits per heavy atom. The molecule has 4 aromatic rings. The minimum atomic E-state index is -0.204. The molecule has 0 amide bonds. The smallest absolute Gasteiger partial charge is 0.283 e. The van der Waals surface area contributed by atoms with Crippen LogP contribution in [-0.4, -0.2) is 50.2 Å². The maximum Gasteiger partial charge on any atom is 0.297 e. The second-order valence-electron chi connectivity index (χ2n) is 5.40. The van der Waals surface area contributed by atoms with E-state index < -0.39 is 0 Å². The number of tetrazole rings is 2. The lowest BCUT2D eigenvalue weighted by Gasteiger charge is -2.07. The van der Waals surface area contributed by atoms with Crippen molar-refractivity contribution in [3.8, 4) is 11.4 Å². The molecule has 132 valence electrons. The monoisotopic (exact) mass is 370 g/mol. The van der Waals surface area contributed by atoms with Crippen molar-refractivity contribution in [1.82, 2.24) is 50.2 Å². The highest BCUT2D eigenvalue weighted by atomic mass is 32.2. The molecule has 1 aromatic carbocycles. The Morgan fingerprint density at radius 2 is 2.00 bits per heavy atom. The van der Waals surface area contributed by atoms with Gasteiger partial charge in [0.05, 0.1) is 17.1 Å². The number of H-pyrrole nitrogens is 1. The maximum atomic E-state index is 13.1. The highest BCUT2D eigenvalue weighted by Crippen LogP contribution is 2.21. The highest BCUT2D eigenvalue weighted by Gasteiger charge is 2.22. The summed E-state index contributed by atoms with van der Waals surface area (Å²) in [5.74, 6) is 0.950. The summed E-state index contributed by atoms with van der Waals surface area (Å²) in [5, 5.41) is 25.9. The summed E-state index contributed by atoms with van der Waals surface area (Å²) in [5.41, 5.74) is 1.71. The van der Waals surface area contributed by atoms with E-state index in [-0.39, 0.29) is 5.56 Å². The first-order valence-electron chi connectivity index (χ1n) is 7.64. The summed E-state index contributed by atoms with van der Waals surface area (Å²) < 4.78 is 4.81. The van der Waals surface area contributed by atoms with Gasteiger partial charge in [-0.2, -0.15) is 9.90 Å². The molecule has 0 atom stereocenters. The summed E-state index contributed by atoms with van der Waals surface area (Å²) in [6, 6.07) is 9.41. The second-order valence-corrected chi connectivity index (χ2v) is 6.34. The Morgan fingerprint density at radius 1 is 1.19 bits per heavy atom. The fourth-order valence-corrected chi connectivity index (χ4v) is 3.30. The summed E-state index contributed by atoms with van der Waals surface area (Å²) >= 11 is 1.32. The number of hydrogen-bond acceptors (Lipinski definition) is 8. The molecule has 0 aliphatic rings. The van der Waals surface area contributed by atoms with Crippen molar-refractivity contribution in [3.05, 3.63) is 52.2 Å². The molecule has 3 aromatic heterocycles. The number of aromatic nitrogens is 10. The third kappa shape index (κ3) is 2.69. The van der Waals surface area contributed by atoms with E-state index in [0.717, 1.165) is 11.4 Å². The Hall–Kier alpha value is -3.28. The fraction of sp³-hybridized carbons (Fsp3) is 0.214. The van der Waals surface area contributed by atoms with Gasteiger partial charge in [0, 0.05) is 7.05 Å². The number of benzene rings is 1. The lowest BCUT2D eigenvalue weighted by atomic mass is 10.3. The van der Waals surface area contributed by atoms with Crippen LogP contribution >= 0.6 is 11.8 Å². The van der Waals surface area contributed by atoms with Crippen LogP contribution in [0.25, 0.3) is 11.4 Å². The van der Waals surface area contributed by atoms with Gasteiger partial charge in [-0.1, -0.05) is 35.2 Å². The average Bonchev–Trinajstić information content (AvgIpc) is 3.36. The van der Waals surface area contributed by atoms with Gasteiger partial charge in [0.15, 0.2) is 11.5 Å². The van der Waals surface area contributed by atoms with E-state index in [1.165, 1.54) is 16.4 Å². The van der Waals surface area contributed by atoms with Gasteiger partial charge in [-0.05, 0) is 29.5 Å². The molecular weight excluding hydrogens is 356 g/mol. The molecule has 0 unspecified atom stereocenters. The highest BCUT2D eigenvalue weighted by molar-refractivity contribution is 7.98. The number of thioether (sulfide) groups is 1. The Labute approximate surface area is 151 Å². The Kier molecular flexibility index (Phi) is 4.08. The molecule has 12 heteroatoms. The number of para-hydroxylation sites is 1. The molecule has 0 aliphatic heterocycles. The summed E-state index contributed by atoms with van der Waals surface area (Å²) in [6.07, 6.45) is 0. The largest absolute Gasteiger partial charge is 0.297 e. The van der Waals surface area contributed by atoms with Crippen molar-refractivity contribution in [3.63, 3.8) is 0 Å². The van der Waals surface area contributed by atoms with Crippen LogP contribution in [-0.2, 0) is 12.8 Å². The SMILES string of the molecule is Cc1c(-n2nnnc2SCc2nn[nH]n2)c(=O)n(-c2ccccc2)n1C. The third-order valence-electron chi connectivity index (χ3n) is 3.90. The van der Waals surface area contributed by atoms with E-state index in [1.54, 1.807) is 9.36 Å². The van der Waals surface area contributed by atoms with E-state index in [4.69, 9.17) is 0 Å². The predicted molar refractivity (Wildman–Crippen MR) is 92.2 cm³/mol. The van der Waals surface area contributed by atoms with Crippen LogP contribution in [0.4, 0.5) is 0 Å². The lowest BCUT2D eigenvalue weighted by Crippen LogP contribution is -2.22. The average molecular weight is 370 g/mol. The summed E-state index contributed by atoms with van der Waals surface area (Å²) in [7, 11) is 1.82. The second kappa shape index (κ2) is 6.55. The van der Waals surface area contributed by atoms with Crippen LogP contribution in [0.2, 0.25) is 0 Å². The molecule has 1 N–H and O–H groups in total. The van der Waals surface area contributed by atoms with E-state index in [0.29, 0.717) is 22.4 Å². The van der Waals surface area contributed by atoms with Gasteiger partial charge >= 0.3 is 0 Å². The number of nitrogens with zero attached hydrogens (tertiary/aromatic N) is 9. The van der Waals surface area contributed by atoms with Crippen LogP contribution in [0.15, 0.2) is 40.3 Å². The maximum absolute atomic E-state index is 13.1. The van der Waals surface area contributed by atoms with E-state index in [1.807, 2.05) is 44.3 Å². The number of rotatable bonds is 5. The van der Waals surface area contributed by atoms with Gasteiger partial charge in [-0.3, -0.25) is 9.48 Å². The molecule has 0 aliphatic carbocycles. The Balaban J connectivity index is 1.76. The zero-order valence-electron chi connectivity index (χ0n) is 13.9. The van der Waals surface area contributed by atoms with Crippen molar-refractivity contribution >= 4 is 11.8 Å². The van der Waals surface area contributed by atoms with Crippen molar-refractivity contribution in [1.29, 1.82) is 0 Å². The van der Waals surface area contributed by atoms with Crippen LogP contribution in [0.1, 0.15) is 11.5 Å². The number of aromatic amines is 1. The molecule has 26 heavy (non-hydrogen) atoms. The van der Waals surface area contributed by atoms with Gasteiger partial charge in [-0.15, -0.1) is 15.3 Å². The first kappa shape index (κ1) is 16.2. The van der Waals surface area contributed by atoms with E-state index in [2.05, 4.69) is 36.1 Å². The summed E-state index contributed by atoms with van der Waals surface area (Å²) in [4.78, 5) is 13.1. The number of nitrogens with one attached hydrogen (secondary N) is 1. The lowest BCUT2D eigenvalue weighted by molar-refractivity contribution is 0.630. The van der Waals surface area contributed by atoms with Crippen LogP contribution in [0, 0.1) is 6.92 Å². The van der Waals surface area contributed by atoms with Crippen molar-refractivity contribution in [2.24, 2.45) is 7.05 Å². The van der Waals surface area contributed by atoms with Crippen molar-refractivity contribution in [2.45, 2.75) is 17.8 Å². The third-order valence-corrected chi connectivity index (χ3v) is 4.81. The van der Waals surface area contributed by atoms with Gasteiger partial charge in [0.2, 0.25) is 5.16 Å². The molecular formula is C14H14N10OS. The molecule has 0 radical (unpaired) electrons. The zero-order valence-corrected chi connectivity index (χ0v) is 14.8. The van der Waals surface area contributed by atoms with E-state index in [9.17, 15) is 4.79 Å². The van der Waals surface area contributed by atoms with Crippen molar-refractivity contribution in [2.75, 3.05) is 0 Å². The topological polar surface area (TPSA) is 125 Å². The summed E-state index contributed by atoms with van der Waals surface area (Å²) in [6.45, 7) is 1.85. The minimum Gasteiger partial charge on any atom is -0.283 e. The standard InChI is InChI=1S/C14H14N10OS/c1-9-12(13(25)24(22(9)2)10-6-4-3-5-7-10)23-14(17-20-21-23)26-8-11-15-18-19-16-11/h3-7H,8H2,1-2H3,(H,15,16,18,19). The molecule has 0 spiro atoms. The molecule has 11 nitrogen and oxygen atoms in total. The predicted octanol–water partition coefficient (Wildman–Crippen LogP) is 0.266.